The summed E-state index contributed by atoms with van der Waals surface area (Å²) in [4.78, 5) is 8.82. The van der Waals surface area contributed by atoms with Crippen molar-refractivity contribution in [3.05, 3.63) is 78.3 Å². The molecule has 0 saturated heterocycles. The molecule has 0 aliphatic carbocycles. The average molecular weight is 321 g/mol. The highest BCUT2D eigenvalue weighted by Crippen LogP contribution is 2.28. The number of hydrogen-bond acceptors (Lipinski definition) is 3. The molecule has 0 aliphatic heterocycles. The minimum atomic E-state index is 0.652. The molecule has 112 valence electrons. The average Bonchev–Trinajstić information content (AvgIpc) is 3.08. The van der Waals surface area contributed by atoms with Crippen LogP contribution in [0.2, 0.25) is 5.02 Å². The number of imidazole rings is 1. The van der Waals surface area contributed by atoms with E-state index >= 15 is 0 Å². The summed E-state index contributed by atoms with van der Waals surface area (Å²) in [6, 6.07) is 17.7. The second-order valence-corrected chi connectivity index (χ2v) is 5.52. The lowest BCUT2D eigenvalue weighted by atomic mass is 10.1. The van der Waals surface area contributed by atoms with Crippen LogP contribution in [-0.4, -0.2) is 14.4 Å². The van der Waals surface area contributed by atoms with Crippen molar-refractivity contribution in [1.82, 2.24) is 14.4 Å². The van der Waals surface area contributed by atoms with Gasteiger partial charge in [-0.1, -0.05) is 54.1 Å². The molecule has 0 fully saturated rings. The predicted octanol–water partition coefficient (Wildman–Crippen LogP) is 4.79. The number of fused-ring (bicyclic) bond motifs is 1. The summed E-state index contributed by atoms with van der Waals surface area (Å²) in [6.07, 6.45) is 5.42. The van der Waals surface area contributed by atoms with Crippen LogP contribution in [0, 0.1) is 0 Å². The van der Waals surface area contributed by atoms with Crippen LogP contribution < -0.4 is 5.32 Å². The first-order valence-corrected chi connectivity index (χ1v) is 7.59. The number of anilines is 2. The highest BCUT2D eigenvalue weighted by molar-refractivity contribution is 6.33. The molecule has 0 unspecified atom stereocenters. The van der Waals surface area contributed by atoms with E-state index in [1.54, 1.807) is 12.5 Å². The maximum absolute atomic E-state index is 6.21. The normalized spacial score (nSPS) is 10.8. The van der Waals surface area contributed by atoms with E-state index in [2.05, 4.69) is 27.4 Å². The van der Waals surface area contributed by atoms with Gasteiger partial charge in [0.15, 0.2) is 5.82 Å². The summed E-state index contributed by atoms with van der Waals surface area (Å²) in [5.41, 5.74) is 3.79. The zero-order valence-electron chi connectivity index (χ0n) is 12.1. The standard InChI is InChI=1S/C18H13ClN4/c19-14-8-4-5-9-15(14)22-18-17-10-20-12-23(17)16(11-21-18)13-6-2-1-3-7-13/h1-12H,(H,21,22). The third kappa shape index (κ3) is 2.53. The van der Waals surface area contributed by atoms with Crippen molar-refractivity contribution >= 4 is 28.6 Å². The summed E-state index contributed by atoms with van der Waals surface area (Å²) >= 11 is 6.21. The molecule has 0 spiro atoms. The number of nitrogens with one attached hydrogen (secondary N) is 1. The molecule has 0 amide bonds. The quantitative estimate of drug-likeness (QED) is 0.590. The monoisotopic (exact) mass is 320 g/mol. The molecular formula is C18H13ClN4. The van der Waals surface area contributed by atoms with E-state index < -0.39 is 0 Å². The molecule has 2 aromatic carbocycles. The van der Waals surface area contributed by atoms with Crippen molar-refractivity contribution in [2.24, 2.45) is 0 Å². The summed E-state index contributed by atoms with van der Waals surface area (Å²) in [5, 5.41) is 3.93. The Hall–Kier alpha value is -2.85. The van der Waals surface area contributed by atoms with Gasteiger partial charge in [0.1, 0.15) is 5.52 Å². The van der Waals surface area contributed by atoms with Crippen LogP contribution in [-0.2, 0) is 0 Å². The van der Waals surface area contributed by atoms with Crippen molar-refractivity contribution in [2.45, 2.75) is 0 Å². The zero-order valence-corrected chi connectivity index (χ0v) is 12.9. The maximum Gasteiger partial charge on any atom is 0.156 e. The van der Waals surface area contributed by atoms with E-state index in [1.807, 2.05) is 53.1 Å². The second kappa shape index (κ2) is 5.74. The first-order valence-electron chi connectivity index (χ1n) is 7.21. The minimum absolute atomic E-state index is 0.652. The van der Waals surface area contributed by atoms with Gasteiger partial charge < -0.3 is 5.32 Å². The first kappa shape index (κ1) is 13.8. The van der Waals surface area contributed by atoms with Gasteiger partial charge in [0.05, 0.1) is 35.1 Å². The fraction of sp³-hybridized carbons (Fsp3) is 0. The fourth-order valence-electron chi connectivity index (χ4n) is 2.53. The molecule has 23 heavy (non-hydrogen) atoms. The Morgan fingerprint density at radius 1 is 0.913 bits per heavy atom. The molecule has 0 bridgehead atoms. The largest absolute Gasteiger partial charge is 0.337 e. The number of hydrogen-bond donors (Lipinski definition) is 1. The summed E-state index contributed by atoms with van der Waals surface area (Å²) in [6.45, 7) is 0. The Balaban J connectivity index is 1.82. The minimum Gasteiger partial charge on any atom is -0.337 e. The second-order valence-electron chi connectivity index (χ2n) is 5.11. The Morgan fingerprint density at radius 3 is 2.52 bits per heavy atom. The molecule has 2 aromatic heterocycles. The molecule has 0 aliphatic rings. The molecule has 4 nitrogen and oxygen atoms in total. The van der Waals surface area contributed by atoms with Gasteiger partial charge in [0, 0.05) is 5.56 Å². The van der Waals surface area contributed by atoms with Crippen molar-refractivity contribution < 1.29 is 0 Å². The van der Waals surface area contributed by atoms with Crippen LogP contribution >= 0.6 is 11.6 Å². The summed E-state index contributed by atoms with van der Waals surface area (Å²) in [5.74, 6) is 0.718. The third-order valence-electron chi connectivity index (χ3n) is 3.65. The summed E-state index contributed by atoms with van der Waals surface area (Å²) in [7, 11) is 0. The molecule has 4 rings (SSSR count). The molecule has 1 N–H and O–H groups in total. The van der Waals surface area contributed by atoms with Crippen LogP contribution in [0.25, 0.3) is 16.8 Å². The zero-order chi connectivity index (χ0) is 15.6. The molecule has 0 saturated carbocycles. The van der Waals surface area contributed by atoms with Crippen LogP contribution in [0.15, 0.2) is 73.3 Å². The van der Waals surface area contributed by atoms with Crippen molar-refractivity contribution in [2.75, 3.05) is 5.32 Å². The molecular weight excluding hydrogens is 308 g/mol. The van der Waals surface area contributed by atoms with Gasteiger partial charge in [-0.25, -0.2) is 9.97 Å². The van der Waals surface area contributed by atoms with Gasteiger partial charge in [0.25, 0.3) is 0 Å². The van der Waals surface area contributed by atoms with E-state index in [4.69, 9.17) is 11.6 Å². The van der Waals surface area contributed by atoms with E-state index in [0.29, 0.717) is 5.02 Å². The number of rotatable bonds is 3. The molecule has 2 heterocycles. The first-order chi connectivity index (χ1) is 11.3. The van der Waals surface area contributed by atoms with Crippen molar-refractivity contribution in [1.29, 1.82) is 0 Å². The fourth-order valence-corrected chi connectivity index (χ4v) is 2.71. The Bertz CT molecular complexity index is 963. The van der Waals surface area contributed by atoms with Crippen molar-refractivity contribution in [3.8, 4) is 11.3 Å². The van der Waals surface area contributed by atoms with E-state index in [0.717, 1.165) is 28.3 Å². The van der Waals surface area contributed by atoms with Gasteiger partial charge in [-0.2, -0.15) is 0 Å². The molecule has 0 atom stereocenters. The van der Waals surface area contributed by atoms with E-state index in [-0.39, 0.29) is 0 Å². The molecule has 5 heteroatoms. The smallest absolute Gasteiger partial charge is 0.156 e. The highest BCUT2D eigenvalue weighted by Gasteiger charge is 2.10. The van der Waals surface area contributed by atoms with E-state index in [9.17, 15) is 0 Å². The maximum atomic E-state index is 6.21. The summed E-state index contributed by atoms with van der Waals surface area (Å²) < 4.78 is 2.02. The van der Waals surface area contributed by atoms with Gasteiger partial charge >= 0.3 is 0 Å². The topological polar surface area (TPSA) is 42.2 Å². The van der Waals surface area contributed by atoms with Gasteiger partial charge in [0.2, 0.25) is 0 Å². The number of aromatic nitrogens is 3. The van der Waals surface area contributed by atoms with Gasteiger partial charge in [-0.3, -0.25) is 4.40 Å². The molecule has 4 aromatic rings. The lowest BCUT2D eigenvalue weighted by Crippen LogP contribution is -2.00. The van der Waals surface area contributed by atoms with Crippen molar-refractivity contribution in [3.63, 3.8) is 0 Å². The Labute approximate surface area is 138 Å². The third-order valence-corrected chi connectivity index (χ3v) is 3.98. The van der Waals surface area contributed by atoms with Crippen LogP contribution in [0.5, 0.6) is 0 Å². The van der Waals surface area contributed by atoms with Gasteiger partial charge in [-0.15, -0.1) is 0 Å². The SMILES string of the molecule is Clc1ccccc1Nc1ncc(-c2ccccc2)n2cncc12. The highest BCUT2D eigenvalue weighted by atomic mass is 35.5. The van der Waals surface area contributed by atoms with Crippen LogP contribution in [0.4, 0.5) is 11.5 Å². The lowest BCUT2D eigenvalue weighted by Gasteiger charge is -2.11. The Kier molecular flexibility index (Phi) is 3.44. The number of benzene rings is 2. The lowest BCUT2D eigenvalue weighted by molar-refractivity contribution is 1.12. The van der Waals surface area contributed by atoms with E-state index in [1.165, 1.54) is 0 Å². The predicted molar refractivity (Wildman–Crippen MR) is 93.2 cm³/mol. The van der Waals surface area contributed by atoms with Gasteiger partial charge in [-0.05, 0) is 12.1 Å². The molecule has 0 radical (unpaired) electrons. The number of nitrogens with zero attached hydrogens (tertiary/aromatic N) is 3. The number of para-hydroxylation sites is 1. The Morgan fingerprint density at radius 2 is 1.70 bits per heavy atom. The van der Waals surface area contributed by atoms with Crippen LogP contribution in [0.1, 0.15) is 0 Å². The number of halogens is 1. The van der Waals surface area contributed by atoms with Crippen LogP contribution in [0.3, 0.4) is 0 Å².